The first-order valence-corrected chi connectivity index (χ1v) is 4.47. The highest BCUT2D eigenvalue weighted by molar-refractivity contribution is 5.89. The average Bonchev–Trinajstić information content (AvgIpc) is 2.20. The second-order valence-electron chi connectivity index (χ2n) is 2.59. The van der Waals surface area contributed by atoms with Gasteiger partial charge in [-0.2, -0.15) is 0 Å². The number of hydrogen-bond acceptors (Lipinski definition) is 3. The lowest BCUT2D eigenvalue weighted by Crippen LogP contribution is -2.04. The first-order valence-electron chi connectivity index (χ1n) is 4.47. The summed E-state index contributed by atoms with van der Waals surface area (Å²) in [5.74, 6) is 0.390. The van der Waals surface area contributed by atoms with E-state index in [-0.39, 0.29) is 5.97 Å². The molecule has 0 aliphatic carbocycles. The fraction of sp³-hybridized carbons (Fsp3) is 0.273. The summed E-state index contributed by atoms with van der Waals surface area (Å²) in [5.41, 5.74) is 0.531. The smallest absolute Gasteiger partial charge is 0.338 e. The van der Waals surface area contributed by atoms with Crippen LogP contribution in [0.2, 0.25) is 0 Å². The average molecular weight is 193 g/mol. The minimum atomic E-state index is -0.311. The molecule has 0 atom stereocenters. The van der Waals surface area contributed by atoms with Crippen LogP contribution in [-0.4, -0.2) is 19.2 Å². The maximum absolute atomic E-state index is 11.2. The zero-order chi connectivity index (χ0) is 10.4. The number of carbonyl (C=O) groups is 1. The Balaban J connectivity index is 2.67. The molecule has 1 radical (unpaired) electrons. The summed E-state index contributed by atoms with van der Waals surface area (Å²) >= 11 is 0. The highest BCUT2D eigenvalue weighted by Gasteiger charge is 2.05. The van der Waals surface area contributed by atoms with E-state index >= 15 is 0 Å². The topological polar surface area (TPSA) is 35.5 Å². The number of benzene rings is 1. The van der Waals surface area contributed by atoms with Crippen LogP contribution in [0.1, 0.15) is 17.3 Å². The molecule has 75 valence electrons. The van der Waals surface area contributed by atoms with Crippen molar-refractivity contribution < 1.29 is 14.3 Å². The van der Waals surface area contributed by atoms with Crippen LogP contribution in [0.15, 0.2) is 24.3 Å². The van der Waals surface area contributed by atoms with E-state index in [9.17, 15) is 4.79 Å². The van der Waals surface area contributed by atoms with E-state index in [4.69, 9.17) is 9.47 Å². The molecule has 0 amide bonds. The van der Waals surface area contributed by atoms with Crippen LogP contribution in [0.5, 0.6) is 5.75 Å². The molecule has 0 unspecified atom stereocenters. The van der Waals surface area contributed by atoms with E-state index in [0.29, 0.717) is 24.5 Å². The van der Waals surface area contributed by atoms with E-state index < -0.39 is 0 Å². The number of rotatable bonds is 4. The van der Waals surface area contributed by atoms with Gasteiger partial charge in [-0.15, -0.1) is 0 Å². The van der Waals surface area contributed by atoms with Crippen LogP contribution < -0.4 is 4.74 Å². The fourth-order valence-corrected chi connectivity index (χ4v) is 1.02. The number of carbonyl (C=O) groups excluding carboxylic acids is 1. The van der Waals surface area contributed by atoms with E-state index in [1.54, 1.807) is 31.2 Å². The zero-order valence-electron chi connectivity index (χ0n) is 8.16. The minimum Gasteiger partial charge on any atom is -0.494 e. The molecular formula is C11H13O3. The number of hydrogen-bond donors (Lipinski definition) is 0. The predicted molar refractivity (Wildman–Crippen MR) is 53.3 cm³/mol. The second-order valence-corrected chi connectivity index (χ2v) is 2.59. The Kier molecular flexibility index (Phi) is 3.98. The minimum absolute atomic E-state index is 0.311. The normalized spacial score (nSPS) is 9.57. The van der Waals surface area contributed by atoms with Crippen molar-refractivity contribution in [3.8, 4) is 5.75 Å². The van der Waals surface area contributed by atoms with Crippen molar-refractivity contribution in [2.45, 2.75) is 6.92 Å². The third kappa shape index (κ3) is 2.76. The number of ether oxygens (including phenoxy) is 2. The van der Waals surface area contributed by atoms with Crippen LogP contribution in [-0.2, 0) is 4.74 Å². The van der Waals surface area contributed by atoms with Gasteiger partial charge in [-0.3, -0.25) is 0 Å². The quantitative estimate of drug-likeness (QED) is 0.687. The third-order valence-electron chi connectivity index (χ3n) is 1.63. The van der Waals surface area contributed by atoms with E-state index in [1.165, 1.54) is 0 Å². The molecule has 3 nitrogen and oxygen atoms in total. The Morgan fingerprint density at radius 1 is 1.36 bits per heavy atom. The maximum atomic E-state index is 11.2. The van der Waals surface area contributed by atoms with Gasteiger partial charge in [0.1, 0.15) is 5.75 Å². The molecule has 1 aromatic rings. The van der Waals surface area contributed by atoms with Crippen molar-refractivity contribution in [1.29, 1.82) is 0 Å². The summed E-state index contributed by atoms with van der Waals surface area (Å²) in [4.78, 5) is 11.2. The Morgan fingerprint density at radius 3 is 2.50 bits per heavy atom. The van der Waals surface area contributed by atoms with Crippen molar-refractivity contribution in [2.75, 3.05) is 13.2 Å². The van der Waals surface area contributed by atoms with Gasteiger partial charge in [0.2, 0.25) is 0 Å². The molecule has 3 heteroatoms. The molecule has 0 aromatic heterocycles. The molecule has 0 saturated carbocycles. The lowest BCUT2D eigenvalue weighted by molar-refractivity contribution is 0.0526. The highest BCUT2D eigenvalue weighted by Crippen LogP contribution is 2.12. The molecule has 0 spiro atoms. The fourth-order valence-electron chi connectivity index (χ4n) is 1.02. The van der Waals surface area contributed by atoms with Crippen LogP contribution in [0.25, 0.3) is 0 Å². The monoisotopic (exact) mass is 193 g/mol. The van der Waals surface area contributed by atoms with Crippen LogP contribution in [0.3, 0.4) is 0 Å². The molecule has 0 aliphatic rings. The molecule has 14 heavy (non-hydrogen) atoms. The molecule has 1 rings (SSSR count). The van der Waals surface area contributed by atoms with Gasteiger partial charge in [0.25, 0.3) is 0 Å². The summed E-state index contributed by atoms with van der Waals surface area (Å²) < 4.78 is 9.97. The van der Waals surface area contributed by atoms with E-state index in [2.05, 4.69) is 6.92 Å². The van der Waals surface area contributed by atoms with Crippen molar-refractivity contribution in [3.05, 3.63) is 36.8 Å². The van der Waals surface area contributed by atoms with Gasteiger partial charge < -0.3 is 9.47 Å². The summed E-state index contributed by atoms with van der Waals surface area (Å²) in [5, 5.41) is 0. The molecule has 0 N–H and O–H groups in total. The Hall–Kier alpha value is -1.51. The van der Waals surface area contributed by atoms with Gasteiger partial charge in [0.15, 0.2) is 0 Å². The standard InChI is InChI=1S/C11H13O3/c1-3-13-10-7-5-9(6-8-10)11(12)14-4-2/h5-8H,1,3-4H2,2H3. The summed E-state index contributed by atoms with van der Waals surface area (Å²) in [7, 11) is 0. The Morgan fingerprint density at radius 2 is 2.00 bits per heavy atom. The van der Waals surface area contributed by atoms with Gasteiger partial charge >= 0.3 is 5.97 Å². The summed E-state index contributed by atoms with van der Waals surface area (Å²) in [6, 6.07) is 6.78. The SMILES string of the molecule is [CH2]COc1ccc(C(=O)OCC)cc1. The van der Waals surface area contributed by atoms with Gasteiger partial charge in [-0.25, -0.2) is 4.79 Å². The van der Waals surface area contributed by atoms with Crippen molar-refractivity contribution >= 4 is 5.97 Å². The van der Waals surface area contributed by atoms with Crippen LogP contribution in [0.4, 0.5) is 0 Å². The van der Waals surface area contributed by atoms with Gasteiger partial charge in [0, 0.05) is 0 Å². The van der Waals surface area contributed by atoms with E-state index in [0.717, 1.165) is 0 Å². The number of esters is 1. The van der Waals surface area contributed by atoms with Crippen molar-refractivity contribution in [2.24, 2.45) is 0 Å². The molecule has 0 bridgehead atoms. The predicted octanol–water partition coefficient (Wildman–Crippen LogP) is 2.08. The van der Waals surface area contributed by atoms with Crippen molar-refractivity contribution in [3.63, 3.8) is 0 Å². The van der Waals surface area contributed by atoms with Gasteiger partial charge in [0.05, 0.1) is 18.8 Å². The first kappa shape index (κ1) is 10.6. The van der Waals surface area contributed by atoms with Crippen LogP contribution >= 0.6 is 0 Å². The Labute approximate surface area is 83.6 Å². The van der Waals surface area contributed by atoms with Crippen LogP contribution in [0, 0.1) is 6.92 Å². The third-order valence-corrected chi connectivity index (χ3v) is 1.63. The molecule has 0 saturated heterocycles. The Bertz CT molecular complexity index is 290. The summed E-state index contributed by atoms with van der Waals surface area (Å²) in [6.45, 7) is 6.09. The van der Waals surface area contributed by atoms with Gasteiger partial charge in [-0.05, 0) is 38.1 Å². The summed E-state index contributed by atoms with van der Waals surface area (Å²) in [6.07, 6.45) is 0. The van der Waals surface area contributed by atoms with Gasteiger partial charge in [-0.1, -0.05) is 0 Å². The highest BCUT2D eigenvalue weighted by atomic mass is 16.5. The van der Waals surface area contributed by atoms with E-state index in [1.807, 2.05) is 0 Å². The molecule has 1 aromatic carbocycles. The molecule has 0 fully saturated rings. The van der Waals surface area contributed by atoms with Crippen molar-refractivity contribution in [1.82, 2.24) is 0 Å². The molecule has 0 heterocycles. The largest absolute Gasteiger partial charge is 0.494 e. The molecular weight excluding hydrogens is 180 g/mol. The second kappa shape index (κ2) is 5.27. The molecule has 0 aliphatic heterocycles. The maximum Gasteiger partial charge on any atom is 0.338 e. The lowest BCUT2D eigenvalue weighted by Gasteiger charge is -2.04. The first-order chi connectivity index (χ1) is 6.77. The lowest BCUT2D eigenvalue weighted by atomic mass is 10.2. The zero-order valence-corrected chi connectivity index (χ0v) is 8.16.